The van der Waals surface area contributed by atoms with Crippen LogP contribution in [0, 0.1) is 35.7 Å². The Morgan fingerprint density at radius 2 is 2.26 bits per heavy atom. The van der Waals surface area contributed by atoms with Crippen LogP contribution in [0.5, 0.6) is 0 Å². The zero-order valence-electron chi connectivity index (χ0n) is 15.7. The number of carbonyl (C=O) groups excluding carboxylic acids is 2. The molecule has 0 radical (unpaired) electrons. The van der Waals surface area contributed by atoms with Gasteiger partial charge < -0.3 is 9.64 Å². The first-order valence-electron chi connectivity index (χ1n) is 9.51. The van der Waals surface area contributed by atoms with E-state index in [0.717, 1.165) is 31.6 Å². The van der Waals surface area contributed by atoms with Crippen LogP contribution in [0.1, 0.15) is 32.4 Å². The number of piperidine rings is 1. The van der Waals surface area contributed by atoms with Crippen LogP contribution in [0.15, 0.2) is 24.4 Å². The topological polar surface area (TPSA) is 59.5 Å². The molecule has 3 aliphatic rings. The van der Waals surface area contributed by atoms with E-state index in [1.165, 1.54) is 0 Å². The molecule has 1 amide bonds. The van der Waals surface area contributed by atoms with Crippen molar-refractivity contribution in [3.05, 3.63) is 36.2 Å². The van der Waals surface area contributed by atoms with Gasteiger partial charge in [-0.3, -0.25) is 14.6 Å². The van der Waals surface area contributed by atoms with E-state index in [-0.39, 0.29) is 56.8 Å². The molecule has 3 heterocycles. The van der Waals surface area contributed by atoms with Crippen LogP contribution in [0.25, 0.3) is 6.08 Å². The number of amides is 1. The first-order valence-corrected chi connectivity index (χ1v) is 9.51. The van der Waals surface area contributed by atoms with Crippen LogP contribution >= 0.6 is 0 Å². The molecule has 5 nitrogen and oxygen atoms in total. The second-order valence-corrected chi connectivity index (χ2v) is 7.86. The maximum absolute atomic E-state index is 12.4. The Kier molecular flexibility index (Phi) is 6.20. The largest absolute Gasteiger partial charge is 0.462 e. The molecule has 0 aromatic carbocycles. The Morgan fingerprint density at radius 1 is 1.44 bits per heavy atom. The van der Waals surface area contributed by atoms with Gasteiger partial charge in [0.1, 0.15) is 6.10 Å². The third-order valence-electron chi connectivity index (χ3n) is 6.47. The summed E-state index contributed by atoms with van der Waals surface area (Å²) in [6, 6.07) is 6.73. The zero-order valence-corrected chi connectivity index (χ0v) is 18.6. The predicted octanol–water partition coefficient (Wildman–Crippen LogP) is 2.57. The third-order valence-corrected chi connectivity index (χ3v) is 6.47. The summed E-state index contributed by atoms with van der Waals surface area (Å²) in [5, 5.41) is 0. The number of esters is 1. The molecule has 0 bridgehead atoms. The van der Waals surface area contributed by atoms with Gasteiger partial charge in [-0.05, 0) is 43.2 Å². The van der Waals surface area contributed by atoms with E-state index in [2.05, 4.69) is 23.2 Å². The fourth-order valence-corrected chi connectivity index (χ4v) is 5.28. The van der Waals surface area contributed by atoms with E-state index < -0.39 is 0 Å². The number of fused-ring (bicyclic) bond motifs is 2. The SMILES string of the molecule is CC(=O)N1CC[C@@H]2[C@H](C[C@H]3C(=O)O[C@H](C)[C@H]3[C@H]2/C=C/c2cc[c-]cn2)C1.[W]. The number of aromatic nitrogens is 1. The van der Waals surface area contributed by atoms with E-state index in [1.807, 2.05) is 24.0 Å². The van der Waals surface area contributed by atoms with E-state index in [4.69, 9.17) is 4.74 Å². The number of likely N-dealkylation sites (tertiary alicyclic amines) is 1. The third kappa shape index (κ3) is 3.89. The van der Waals surface area contributed by atoms with E-state index >= 15 is 0 Å². The Bertz CT molecular complexity index is 723. The van der Waals surface area contributed by atoms with Crippen molar-refractivity contribution in [2.45, 2.75) is 32.8 Å². The number of rotatable bonds is 2. The summed E-state index contributed by atoms with van der Waals surface area (Å²) < 4.78 is 5.60. The smallest absolute Gasteiger partial charge is 0.309 e. The van der Waals surface area contributed by atoms with Crippen LogP contribution in [0.4, 0.5) is 0 Å². The summed E-state index contributed by atoms with van der Waals surface area (Å²) in [6.07, 6.45) is 7.74. The van der Waals surface area contributed by atoms with Gasteiger partial charge in [-0.25, -0.2) is 12.1 Å². The monoisotopic (exact) mass is 537 g/mol. The molecule has 2 aliphatic heterocycles. The molecule has 4 rings (SSSR count). The number of pyridine rings is 1. The average molecular weight is 537 g/mol. The van der Waals surface area contributed by atoms with Crippen LogP contribution in [-0.2, 0) is 35.4 Å². The summed E-state index contributed by atoms with van der Waals surface area (Å²) >= 11 is 0. The molecule has 1 aromatic rings. The van der Waals surface area contributed by atoms with Gasteiger partial charge in [0.2, 0.25) is 5.91 Å². The molecule has 1 aromatic heterocycles. The number of ether oxygens (including phenoxy) is 1. The molecule has 0 N–H and O–H groups in total. The van der Waals surface area contributed by atoms with Crippen molar-refractivity contribution in [3.63, 3.8) is 0 Å². The van der Waals surface area contributed by atoms with Crippen LogP contribution in [0.3, 0.4) is 0 Å². The number of cyclic esters (lactones) is 1. The molecule has 0 unspecified atom stereocenters. The van der Waals surface area contributed by atoms with E-state index in [1.54, 1.807) is 13.1 Å². The molecule has 1 saturated carbocycles. The first-order chi connectivity index (χ1) is 12.5. The fourth-order valence-electron chi connectivity index (χ4n) is 5.28. The summed E-state index contributed by atoms with van der Waals surface area (Å²) in [5.74, 6) is 1.36. The molecular weight excluding hydrogens is 512 g/mol. The van der Waals surface area contributed by atoms with Crippen LogP contribution in [-0.4, -0.2) is 41.0 Å². The molecule has 144 valence electrons. The van der Waals surface area contributed by atoms with Crippen molar-refractivity contribution in [1.29, 1.82) is 0 Å². The first kappa shape index (κ1) is 20.3. The molecule has 2 saturated heterocycles. The quantitative estimate of drug-likeness (QED) is 0.430. The number of carbonyl (C=O) groups is 2. The van der Waals surface area contributed by atoms with Crippen molar-refractivity contribution in [2.24, 2.45) is 29.6 Å². The summed E-state index contributed by atoms with van der Waals surface area (Å²) in [6.45, 7) is 5.21. The number of allylic oxidation sites excluding steroid dienone is 1. The standard InChI is InChI=1S/C21H25N2O3.W/c1-13-20-18(7-6-16-5-3-4-9-22-16)17-8-10-23(14(2)24)12-15(17)11-19(20)21(25)26-13;/h3,5-7,9,13,15,17-20H,8,10-12H2,1-2H3;/q-1;/b7-6+;/t13-,15-,17-,18+,19-,20+;/m1./s1. The van der Waals surface area contributed by atoms with Crippen molar-refractivity contribution < 1.29 is 35.4 Å². The maximum Gasteiger partial charge on any atom is 0.309 e. The van der Waals surface area contributed by atoms with Gasteiger partial charge in [0.05, 0.1) is 5.92 Å². The van der Waals surface area contributed by atoms with Gasteiger partial charge in [0.15, 0.2) is 0 Å². The molecular formula is C21H25N2O3W-. The molecule has 6 heteroatoms. The van der Waals surface area contributed by atoms with Crippen LogP contribution in [0.2, 0.25) is 0 Å². The van der Waals surface area contributed by atoms with Gasteiger partial charge in [0, 0.05) is 47.0 Å². The predicted molar refractivity (Wildman–Crippen MR) is 96.6 cm³/mol. The molecule has 1 aliphatic carbocycles. The van der Waals surface area contributed by atoms with Gasteiger partial charge in [-0.2, -0.15) is 6.07 Å². The second-order valence-electron chi connectivity index (χ2n) is 7.86. The van der Waals surface area contributed by atoms with Gasteiger partial charge in [-0.1, -0.05) is 18.3 Å². The molecule has 27 heavy (non-hydrogen) atoms. The molecule has 6 atom stereocenters. The fraction of sp³-hybridized carbons (Fsp3) is 0.571. The Labute approximate surface area is 174 Å². The van der Waals surface area contributed by atoms with E-state index in [9.17, 15) is 9.59 Å². The summed E-state index contributed by atoms with van der Waals surface area (Å²) in [5.41, 5.74) is 0.904. The maximum atomic E-state index is 12.4. The van der Waals surface area contributed by atoms with Crippen molar-refractivity contribution in [3.8, 4) is 0 Å². The van der Waals surface area contributed by atoms with Crippen molar-refractivity contribution in [1.82, 2.24) is 9.88 Å². The Morgan fingerprint density at radius 3 is 2.96 bits per heavy atom. The average Bonchev–Trinajstić information content (AvgIpc) is 2.93. The Balaban J connectivity index is 0.00000210. The summed E-state index contributed by atoms with van der Waals surface area (Å²) in [4.78, 5) is 30.5. The van der Waals surface area contributed by atoms with Crippen molar-refractivity contribution >= 4 is 18.0 Å². The molecule has 3 fully saturated rings. The number of hydrogen-bond donors (Lipinski definition) is 0. The minimum absolute atomic E-state index is 0. The second kappa shape index (κ2) is 8.26. The van der Waals surface area contributed by atoms with Gasteiger partial charge in [0.25, 0.3) is 0 Å². The van der Waals surface area contributed by atoms with Gasteiger partial charge in [-0.15, -0.1) is 0 Å². The van der Waals surface area contributed by atoms with Gasteiger partial charge >= 0.3 is 5.97 Å². The minimum Gasteiger partial charge on any atom is -0.462 e. The summed E-state index contributed by atoms with van der Waals surface area (Å²) in [7, 11) is 0. The van der Waals surface area contributed by atoms with E-state index in [0.29, 0.717) is 11.8 Å². The normalized spacial score (nSPS) is 35.2. The minimum atomic E-state index is -0.0632. The molecule has 0 spiro atoms. The van der Waals surface area contributed by atoms with Crippen LogP contribution < -0.4 is 0 Å². The number of hydrogen-bond acceptors (Lipinski definition) is 4. The Hall–Kier alpha value is -1.48. The van der Waals surface area contributed by atoms with Crippen molar-refractivity contribution in [2.75, 3.05) is 13.1 Å². The number of nitrogens with zero attached hydrogens (tertiary/aromatic N) is 2. The zero-order chi connectivity index (χ0) is 18.3.